The standard InChI is InChI=1S/C13H21N3O/c1-11-8-16(10-13(15-11)5-7-17)9-12-4-2-3-6-14-12/h2-4,6,11,13,15,17H,5,7-10H2,1H3. The molecular weight excluding hydrogens is 214 g/mol. The minimum Gasteiger partial charge on any atom is -0.396 e. The van der Waals surface area contributed by atoms with Crippen LogP contribution in [0.1, 0.15) is 19.0 Å². The van der Waals surface area contributed by atoms with Gasteiger partial charge in [-0.05, 0) is 25.5 Å². The predicted molar refractivity (Wildman–Crippen MR) is 67.6 cm³/mol. The smallest absolute Gasteiger partial charge is 0.0543 e. The highest BCUT2D eigenvalue weighted by Gasteiger charge is 2.23. The molecule has 0 amide bonds. The molecule has 1 aliphatic heterocycles. The molecule has 1 aromatic heterocycles. The molecular formula is C13H21N3O. The number of hydrogen-bond donors (Lipinski definition) is 2. The molecule has 2 heterocycles. The highest BCUT2D eigenvalue weighted by atomic mass is 16.3. The Balaban J connectivity index is 1.92. The third-order valence-electron chi connectivity index (χ3n) is 3.12. The van der Waals surface area contributed by atoms with Gasteiger partial charge in [-0.3, -0.25) is 9.88 Å². The van der Waals surface area contributed by atoms with Gasteiger partial charge in [0.25, 0.3) is 0 Å². The van der Waals surface area contributed by atoms with Gasteiger partial charge >= 0.3 is 0 Å². The van der Waals surface area contributed by atoms with Crippen molar-refractivity contribution in [2.45, 2.75) is 32.0 Å². The van der Waals surface area contributed by atoms with Gasteiger partial charge < -0.3 is 10.4 Å². The maximum Gasteiger partial charge on any atom is 0.0543 e. The number of nitrogens with one attached hydrogen (secondary N) is 1. The summed E-state index contributed by atoms with van der Waals surface area (Å²) in [5.41, 5.74) is 1.12. The van der Waals surface area contributed by atoms with Crippen molar-refractivity contribution in [1.82, 2.24) is 15.2 Å². The molecule has 0 aliphatic carbocycles. The van der Waals surface area contributed by atoms with Crippen molar-refractivity contribution >= 4 is 0 Å². The first-order chi connectivity index (χ1) is 8.28. The molecule has 1 fully saturated rings. The van der Waals surface area contributed by atoms with Crippen molar-refractivity contribution in [2.75, 3.05) is 19.7 Å². The lowest BCUT2D eigenvalue weighted by molar-refractivity contribution is 0.139. The summed E-state index contributed by atoms with van der Waals surface area (Å²) in [6.45, 7) is 5.37. The minimum atomic E-state index is 0.252. The maximum absolute atomic E-state index is 9.01. The van der Waals surface area contributed by atoms with E-state index >= 15 is 0 Å². The molecule has 4 nitrogen and oxygen atoms in total. The quantitative estimate of drug-likeness (QED) is 0.803. The van der Waals surface area contributed by atoms with E-state index in [1.165, 1.54) is 0 Å². The Labute approximate surface area is 103 Å². The van der Waals surface area contributed by atoms with E-state index in [0.29, 0.717) is 12.1 Å². The zero-order valence-electron chi connectivity index (χ0n) is 10.3. The minimum absolute atomic E-state index is 0.252. The molecule has 2 N–H and O–H groups in total. The number of aliphatic hydroxyl groups is 1. The van der Waals surface area contributed by atoms with Crippen LogP contribution in [0.2, 0.25) is 0 Å². The van der Waals surface area contributed by atoms with E-state index in [-0.39, 0.29) is 6.61 Å². The monoisotopic (exact) mass is 235 g/mol. The Kier molecular flexibility index (Phi) is 4.48. The fraction of sp³-hybridized carbons (Fsp3) is 0.615. The Morgan fingerprint density at radius 1 is 1.47 bits per heavy atom. The van der Waals surface area contributed by atoms with Gasteiger partial charge in [-0.2, -0.15) is 0 Å². The number of rotatable bonds is 4. The number of aromatic nitrogens is 1. The first kappa shape index (κ1) is 12.5. The van der Waals surface area contributed by atoms with E-state index in [9.17, 15) is 0 Å². The average Bonchev–Trinajstić information content (AvgIpc) is 2.30. The van der Waals surface area contributed by atoms with E-state index in [1.54, 1.807) is 0 Å². The molecule has 17 heavy (non-hydrogen) atoms. The zero-order chi connectivity index (χ0) is 12.1. The van der Waals surface area contributed by atoms with Gasteiger partial charge in [0.2, 0.25) is 0 Å². The summed E-state index contributed by atoms with van der Waals surface area (Å²) in [5.74, 6) is 0. The maximum atomic E-state index is 9.01. The largest absolute Gasteiger partial charge is 0.396 e. The van der Waals surface area contributed by atoms with E-state index in [4.69, 9.17) is 5.11 Å². The van der Waals surface area contributed by atoms with Crippen molar-refractivity contribution in [1.29, 1.82) is 0 Å². The molecule has 94 valence electrons. The van der Waals surface area contributed by atoms with Crippen LogP contribution in [0.4, 0.5) is 0 Å². The fourth-order valence-corrected chi connectivity index (χ4v) is 2.46. The lowest BCUT2D eigenvalue weighted by atomic mass is 10.1. The number of hydrogen-bond acceptors (Lipinski definition) is 4. The third-order valence-corrected chi connectivity index (χ3v) is 3.12. The van der Waals surface area contributed by atoms with Gasteiger partial charge in [-0.15, -0.1) is 0 Å². The van der Waals surface area contributed by atoms with Crippen LogP contribution in [0, 0.1) is 0 Å². The number of pyridine rings is 1. The summed E-state index contributed by atoms with van der Waals surface area (Å²) >= 11 is 0. The Morgan fingerprint density at radius 2 is 2.35 bits per heavy atom. The van der Waals surface area contributed by atoms with Gasteiger partial charge in [0.1, 0.15) is 0 Å². The molecule has 1 saturated heterocycles. The van der Waals surface area contributed by atoms with Crippen molar-refractivity contribution in [3.05, 3.63) is 30.1 Å². The molecule has 0 spiro atoms. The number of nitrogens with zero attached hydrogens (tertiary/aromatic N) is 2. The summed E-state index contributed by atoms with van der Waals surface area (Å²) in [4.78, 5) is 6.76. The molecule has 2 unspecified atom stereocenters. The fourth-order valence-electron chi connectivity index (χ4n) is 2.46. The molecule has 2 rings (SSSR count). The molecule has 0 radical (unpaired) electrons. The molecule has 0 saturated carbocycles. The molecule has 1 aliphatic rings. The van der Waals surface area contributed by atoms with E-state index in [1.807, 2.05) is 18.3 Å². The highest BCUT2D eigenvalue weighted by molar-refractivity contribution is 5.03. The van der Waals surface area contributed by atoms with Crippen LogP contribution < -0.4 is 5.32 Å². The van der Waals surface area contributed by atoms with Gasteiger partial charge in [0.05, 0.1) is 5.69 Å². The van der Waals surface area contributed by atoms with Crippen molar-refractivity contribution < 1.29 is 5.11 Å². The summed E-state index contributed by atoms with van der Waals surface area (Å²) < 4.78 is 0. The topological polar surface area (TPSA) is 48.4 Å². The van der Waals surface area contributed by atoms with Crippen LogP contribution in [-0.4, -0.2) is 46.8 Å². The Morgan fingerprint density at radius 3 is 3.06 bits per heavy atom. The highest BCUT2D eigenvalue weighted by Crippen LogP contribution is 2.10. The molecule has 2 atom stereocenters. The van der Waals surface area contributed by atoms with E-state index in [0.717, 1.165) is 31.7 Å². The van der Waals surface area contributed by atoms with E-state index in [2.05, 4.69) is 28.2 Å². The second-order valence-corrected chi connectivity index (χ2v) is 4.79. The van der Waals surface area contributed by atoms with Crippen LogP contribution in [0.3, 0.4) is 0 Å². The van der Waals surface area contributed by atoms with Crippen LogP contribution >= 0.6 is 0 Å². The normalized spacial score (nSPS) is 26.0. The average molecular weight is 235 g/mol. The molecule has 0 bridgehead atoms. The van der Waals surface area contributed by atoms with Crippen LogP contribution in [0.25, 0.3) is 0 Å². The van der Waals surface area contributed by atoms with Gasteiger partial charge in [0, 0.05) is 44.5 Å². The summed E-state index contributed by atoms with van der Waals surface area (Å²) in [6, 6.07) is 6.90. The van der Waals surface area contributed by atoms with Gasteiger partial charge in [-0.1, -0.05) is 6.07 Å². The van der Waals surface area contributed by atoms with Crippen molar-refractivity contribution in [3.8, 4) is 0 Å². The van der Waals surface area contributed by atoms with Gasteiger partial charge in [0.15, 0.2) is 0 Å². The molecule has 4 heteroatoms. The Hall–Kier alpha value is -0.970. The number of aliphatic hydroxyl groups excluding tert-OH is 1. The predicted octanol–water partition coefficient (Wildman–Crippen LogP) is 0.626. The SMILES string of the molecule is CC1CN(Cc2ccccn2)CC(CCO)N1. The molecule has 0 aromatic carbocycles. The zero-order valence-corrected chi connectivity index (χ0v) is 10.3. The van der Waals surface area contributed by atoms with Crippen LogP contribution in [0.15, 0.2) is 24.4 Å². The van der Waals surface area contributed by atoms with Crippen LogP contribution in [0.5, 0.6) is 0 Å². The second-order valence-electron chi connectivity index (χ2n) is 4.79. The second kappa shape index (κ2) is 6.10. The van der Waals surface area contributed by atoms with Gasteiger partial charge in [-0.25, -0.2) is 0 Å². The lowest BCUT2D eigenvalue weighted by Crippen LogP contribution is -2.55. The number of piperazine rings is 1. The first-order valence-electron chi connectivity index (χ1n) is 6.27. The lowest BCUT2D eigenvalue weighted by Gasteiger charge is -2.37. The van der Waals surface area contributed by atoms with Crippen LogP contribution in [-0.2, 0) is 6.54 Å². The Bertz CT molecular complexity index is 331. The third kappa shape index (κ3) is 3.77. The van der Waals surface area contributed by atoms with Crippen molar-refractivity contribution in [3.63, 3.8) is 0 Å². The first-order valence-corrected chi connectivity index (χ1v) is 6.27. The van der Waals surface area contributed by atoms with Crippen molar-refractivity contribution in [2.24, 2.45) is 0 Å². The van der Waals surface area contributed by atoms with E-state index < -0.39 is 0 Å². The summed E-state index contributed by atoms with van der Waals surface area (Å²) in [5, 5.41) is 12.5. The summed E-state index contributed by atoms with van der Waals surface area (Å²) in [6.07, 6.45) is 2.66. The summed E-state index contributed by atoms with van der Waals surface area (Å²) in [7, 11) is 0. The molecule has 1 aromatic rings.